The number of anilines is 1. The molecular weight excluding hydrogens is 222 g/mol. The van der Waals surface area contributed by atoms with Gasteiger partial charge in [-0.1, -0.05) is 25.1 Å². The lowest BCUT2D eigenvalue weighted by Crippen LogP contribution is -2.27. The van der Waals surface area contributed by atoms with E-state index in [0.717, 1.165) is 6.54 Å². The standard InChI is InChI=1S/C12H17NO2S/c1-10-9-13(7-8-16(2,14)15)12-6-4-3-5-11(10)12/h3-6,10H,7-9H2,1-2H3. The van der Waals surface area contributed by atoms with E-state index in [9.17, 15) is 8.42 Å². The lowest BCUT2D eigenvalue weighted by molar-refractivity contribution is 0.600. The number of nitrogens with zero attached hydrogens (tertiary/aromatic N) is 1. The summed E-state index contributed by atoms with van der Waals surface area (Å²) in [6.07, 6.45) is 1.29. The van der Waals surface area contributed by atoms with Crippen LogP contribution in [-0.2, 0) is 9.84 Å². The van der Waals surface area contributed by atoms with Gasteiger partial charge in [0.1, 0.15) is 9.84 Å². The zero-order valence-corrected chi connectivity index (χ0v) is 10.5. The molecule has 0 aliphatic carbocycles. The number of hydrogen-bond donors (Lipinski definition) is 0. The van der Waals surface area contributed by atoms with Crippen LogP contribution < -0.4 is 4.90 Å². The first-order chi connectivity index (χ1) is 7.47. The first kappa shape index (κ1) is 11.5. The summed E-state index contributed by atoms with van der Waals surface area (Å²) in [4.78, 5) is 2.17. The van der Waals surface area contributed by atoms with E-state index in [1.165, 1.54) is 17.5 Å². The van der Waals surface area contributed by atoms with E-state index >= 15 is 0 Å². The fourth-order valence-corrected chi connectivity index (χ4v) is 2.76. The molecule has 0 bridgehead atoms. The number of fused-ring (bicyclic) bond motifs is 1. The molecule has 0 saturated heterocycles. The summed E-state index contributed by atoms with van der Waals surface area (Å²) in [5.41, 5.74) is 2.52. The average molecular weight is 239 g/mol. The summed E-state index contributed by atoms with van der Waals surface area (Å²) in [6.45, 7) is 3.70. The summed E-state index contributed by atoms with van der Waals surface area (Å²) in [7, 11) is -2.87. The largest absolute Gasteiger partial charge is 0.370 e. The SMILES string of the molecule is CC1CN(CCS(C)(=O)=O)c2ccccc21. The number of sulfone groups is 1. The molecule has 4 heteroatoms. The minimum Gasteiger partial charge on any atom is -0.370 e. The second-order valence-electron chi connectivity index (χ2n) is 4.54. The molecule has 2 rings (SSSR count). The minimum absolute atomic E-state index is 0.230. The Labute approximate surface area is 97.0 Å². The van der Waals surface area contributed by atoms with Crippen LogP contribution in [0.15, 0.2) is 24.3 Å². The van der Waals surface area contributed by atoms with E-state index < -0.39 is 9.84 Å². The molecule has 1 atom stereocenters. The molecular formula is C12H17NO2S. The number of hydrogen-bond acceptors (Lipinski definition) is 3. The topological polar surface area (TPSA) is 37.4 Å². The molecule has 1 aromatic rings. The van der Waals surface area contributed by atoms with Crippen LogP contribution >= 0.6 is 0 Å². The van der Waals surface area contributed by atoms with Crippen molar-refractivity contribution in [1.29, 1.82) is 0 Å². The first-order valence-corrected chi connectivity index (χ1v) is 7.55. The van der Waals surface area contributed by atoms with E-state index in [-0.39, 0.29) is 5.75 Å². The van der Waals surface area contributed by atoms with Crippen LogP contribution in [-0.4, -0.2) is 33.5 Å². The van der Waals surface area contributed by atoms with Gasteiger partial charge < -0.3 is 4.90 Å². The average Bonchev–Trinajstić information content (AvgIpc) is 2.53. The molecule has 0 saturated carbocycles. The Morgan fingerprint density at radius 1 is 1.38 bits per heavy atom. The lowest BCUT2D eigenvalue weighted by Gasteiger charge is -2.18. The van der Waals surface area contributed by atoms with Gasteiger partial charge in [-0.05, 0) is 11.6 Å². The second-order valence-corrected chi connectivity index (χ2v) is 6.80. The summed E-state index contributed by atoms with van der Waals surface area (Å²) in [6, 6.07) is 8.24. The molecule has 0 N–H and O–H groups in total. The van der Waals surface area contributed by atoms with Crippen molar-refractivity contribution in [2.45, 2.75) is 12.8 Å². The molecule has 1 aromatic carbocycles. The molecule has 88 valence electrons. The van der Waals surface area contributed by atoms with Crippen molar-refractivity contribution in [2.75, 3.05) is 30.0 Å². The summed E-state index contributed by atoms with van der Waals surface area (Å²) < 4.78 is 22.3. The molecule has 0 aromatic heterocycles. The highest BCUT2D eigenvalue weighted by Crippen LogP contribution is 2.35. The Bertz CT molecular complexity index is 482. The highest BCUT2D eigenvalue weighted by molar-refractivity contribution is 7.90. The first-order valence-electron chi connectivity index (χ1n) is 5.49. The molecule has 0 amide bonds. The maximum Gasteiger partial charge on any atom is 0.149 e. The zero-order valence-electron chi connectivity index (χ0n) is 9.68. The second kappa shape index (κ2) is 4.09. The van der Waals surface area contributed by atoms with Crippen molar-refractivity contribution in [3.63, 3.8) is 0 Å². The number of benzene rings is 1. The molecule has 0 spiro atoms. The van der Waals surface area contributed by atoms with Crippen LogP contribution in [0.25, 0.3) is 0 Å². The highest BCUT2D eigenvalue weighted by atomic mass is 32.2. The highest BCUT2D eigenvalue weighted by Gasteiger charge is 2.24. The van der Waals surface area contributed by atoms with E-state index in [1.54, 1.807) is 0 Å². The van der Waals surface area contributed by atoms with Gasteiger partial charge >= 0.3 is 0 Å². The minimum atomic E-state index is -2.87. The van der Waals surface area contributed by atoms with E-state index in [0.29, 0.717) is 12.5 Å². The van der Waals surface area contributed by atoms with Crippen LogP contribution in [0.3, 0.4) is 0 Å². The van der Waals surface area contributed by atoms with Crippen LogP contribution in [0, 0.1) is 0 Å². The quantitative estimate of drug-likeness (QED) is 0.805. The Hall–Kier alpha value is -1.03. The maximum atomic E-state index is 11.2. The monoisotopic (exact) mass is 239 g/mol. The Balaban J connectivity index is 2.15. The molecule has 1 aliphatic rings. The maximum absolute atomic E-state index is 11.2. The third-order valence-corrected chi connectivity index (χ3v) is 3.96. The molecule has 16 heavy (non-hydrogen) atoms. The van der Waals surface area contributed by atoms with Crippen molar-refractivity contribution in [3.05, 3.63) is 29.8 Å². The normalized spacial score (nSPS) is 19.9. The smallest absolute Gasteiger partial charge is 0.149 e. The number of rotatable bonds is 3. The van der Waals surface area contributed by atoms with Crippen LogP contribution in [0.4, 0.5) is 5.69 Å². The van der Waals surface area contributed by atoms with E-state index in [2.05, 4.69) is 24.0 Å². The Morgan fingerprint density at radius 2 is 2.06 bits per heavy atom. The summed E-state index contributed by atoms with van der Waals surface area (Å²) in [5, 5.41) is 0. The fraction of sp³-hybridized carbons (Fsp3) is 0.500. The van der Waals surface area contributed by atoms with Gasteiger partial charge in [0.05, 0.1) is 5.75 Å². The predicted octanol–water partition coefficient (Wildman–Crippen LogP) is 1.65. The van der Waals surface area contributed by atoms with Crippen LogP contribution in [0.5, 0.6) is 0 Å². The fourth-order valence-electron chi connectivity index (χ4n) is 2.21. The summed E-state index contributed by atoms with van der Waals surface area (Å²) >= 11 is 0. The van der Waals surface area contributed by atoms with Gasteiger partial charge in [0.25, 0.3) is 0 Å². The van der Waals surface area contributed by atoms with Crippen molar-refractivity contribution in [2.24, 2.45) is 0 Å². The van der Waals surface area contributed by atoms with Crippen molar-refractivity contribution in [3.8, 4) is 0 Å². The molecule has 0 fully saturated rings. The van der Waals surface area contributed by atoms with Gasteiger partial charge in [-0.2, -0.15) is 0 Å². The lowest BCUT2D eigenvalue weighted by atomic mass is 10.0. The third-order valence-electron chi connectivity index (χ3n) is 3.03. The molecule has 1 heterocycles. The van der Waals surface area contributed by atoms with Gasteiger partial charge in [-0.15, -0.1) is 0 Å². The van der Waals surface area contributed by atoms with Crippen LogP contribution in [0.1, 0.15) is 18.4 Å². The summed E-state index contributed by atoms with van der Waals surface area (Å²) in [5.74, 6) is 0.726. The Kier molecular flexibility index (Phi) is 2.93. The molecule has 1 unspecified atom stereocenters. The Morgan fingerprint density at radius 3 is 2.75 bits per heavy atom. The van der Waals surface area contributed by atoms with Gasteiger partial charge in [0, 0.05) is 31.0 Å². The molecule has 0 radical (unpaired) electrons. The zero-order chi connectivity index (χ0) is 11.8. The van der Waals surface area contributed by atoms with Gasteiger partial charge in [0.2, 0.25) is 0 Å². The van der Waals surface area contributed by atoms with Crippen molar-refractivity contribution >= 4 is 15.5 Å². The molecule has 1 aliphatic heterocycles. The van der Waals surface area contributed by atoms with Gasteiger partial charge in [-0.25, -0.2) is 8.42 Å². The van der Waals surface area contributed by atoms with Crippen molar-refractivity contribution in [1.82, 2.24) is 0 Å². The van der Waals surface area contributed by atoms with Gasteiger partial charge in [-0.3, -0.25) is 0 Å². The third kappa shape index (κ3) is 2.38. The number of para-hydroxylation sites is 1. The van der Waals surface area contributed by atoms with E-state index in [1.807, 2.05) is 12.1 Å². The van der Waals surface area contributed by atoms with Gasteiger partial charge in [0.15, 0.2) is 0 Å². The van der Waals surface area contributed by atoms with Crippen LogP contribution in [0.2, 0.25) is 0 Å². The van der Waals surface area contributed by atoms with E-state index in [4.69, 9.17) is 0 Å². The van der Waals surface area contributed by atoms with Crippen molar-refractivity contribution < 1.29 is 8.42 Å². The molecule has 3 nitrogen and oxygen atoms in total. The predicted molar refractivity (Wildman–Crippen MR) is 66.8 cm³/mol.